The molecule has 0 saturated heterocycles. The van der Waals surface area contributed by atoms with E-state index in [-0.39, 0.29) is 43.3 Å². The number of hydrogen-bond acceptors (Lipinski definition) is 7. The van der Waals surface area contributed by atoms with Crippen LogP contribution in [0.1, 0.15) is 31.8 Å². The van der Waals surface area contributed by atoms with Crippen LogP contribution in [-0.4, -0.2) is 28.6 Å². The van der Waals surface area contributed by atoms with Crippen LogP contribution in [0.2, 0.25) is 0 Å². The fourth-order valence-electron chi connectivity index (χ4n) is 4.99. The van der Waals surface area contributed by atoms with Crippen LogP contribution in [0.3, 0.4) is 0 Å². The predicted molar refractivity (Wildman–Crippen MR) is 177 cm³/mol. The molecule has 5 aromatic rings. The molecule has 0 saturated carbocycles. The highest BCUT2D eigenvalue weighted by Crippen LogP contribution is 2.45. The molecule has 12 heteroatoms. The molecule has 0 bridgehead atoms. The molecule has 0 atom stereocenters. The Bertz CT molecular complexity index is 2210. The molecule has 5 rings (SSSR count). The third-order valence-corrected chi connectivity index (χ3v) is 10.6. The number of amides is 2. The second-order valence-electron chi connectivity index (χ2n) is 10.7. The molecular formula is C34H30N4O6S2. The van der Waals surface area contributed by atoms with Gasteiger partial charge in [0.15, 0.2) is 0 Å². The van der Waals surface area contributed by atoms with Gasteiger partial charge in [-0.2, -0.15) is 0 Å². The zero-order chi connectivity index (χ0) is 33.4. The highest BCUT2D eigenvalue weighted by Gasteiger charge is 2.32. The first-order valence-electron chi connectivity index (χ1n) is 13.9. The van der Waals surface area contributed by atoms with E-state index >= 15 is 0 Å². The normalized spacial score (nSPS) is 11.6. The zero-order valence-electron chi connectivity index (χ0n) is 24.8. The smallest absolute Gasteiger partial charge is 0.261 e. The van der Waals surface area contributed by atoms with Gasteiger partial charge in [-0.3, -0.25) is 14.3 Å². The number of carbonyl (C=O) groups is 2. The van der Waals surface area contributed by atoms with Gasteiger partial charge in [-0.15, -0.1) is 0 Å². The number of rotatable bonds is 9. The van der Waals surface area contributed by atoms with Gasteiger partial charge in [0, 0.05) is 22.4 Å². The number of nitrogens with two attached hydrogens (primary N) is 3. The molecule has 0 aliphatic heterocycles. The number of nitrogen functional groups attached to an aromatic ring is 1. The molecule has 5 aromatic carbocycles. The van der Waals surface area contributed by atoms with E-state index < -0.39 is 36.6 Å². The summed E-state index contributed by atoms with van der Waals surface area (Å²) in [6, 6.07) is 25.2. The van der Waals surface area contributed by atoms with E-state index in [0.717, 1.165) is 11.1 Å². The lowest BCUT2D eigenvalue weighted by molar-refractivity contribution is 0.0988. The van der Waals surface area contributed by atoms with E-state index in [4.69, 9.17) is 17.2 Å². The van der Waals surface area contributed by atoms with Gasteiger partial charge in [0.05, 0.1) is 15.5 Å². The van der Waals surface area contributed by atoms with Crippen molar-refractivity contribution >= 4 is 43.0 Å². The predicted octanol–water partition coefficient (Wildman–Crippen LogP) is 5.05. The maximum atomic E-state index is 14.7. The number of hydrogen-bond donors (Lipinski definition) is 4. The van der Waals surface area contributed by atoms with Crippen LogP contribution in [0.5, 0.6) is 0 Å². The number of primary amides is 2. The number of carbonyl (C=O) groups excluding carboxylic acids is 2. The molecule has 0 aliphatic carbocycles. The number of anilines is 2. The minimum atomic E-state index is -4.56. The monoisotopic (exact) mass is 654 g/mol. The van der Waals surface area contributed by atoms with Crippen molar-refractivity contribution in [2.75, 3.05) is 10.5 Å². The van der Waals surface area contributed by atoms with Crippen LogP contribution in [0.4, 0.5) is 11.4 Å². The number of aryl methyl sites for hydroxylation is 2. The van der Waals surface area contributed by atoms with E-state index in [1.54, 1.807) is 62.4 Å². The van der Waals surface area contributed by atoms with Gasteiger partial charge in [0.1, 0.15) is 4.90 Å². The molecule has 0 aromatic heterocycles. The lowest BCUT2D eigenvalue weighted by atomic mass is 9.89. The van der Waals surface area contributed by atoms with Crippen LogP contribution in [0.25, 0.3) is 22.3 Å². The lowest BCUT2D eigenvalue weighted by Gasteiger charge is -2.22. The fourth-order valence-corrected chi connectivity index (χ4v) is 7.75. The van der Waals surface area contributed by atoms with Crippen molar-refractivity contribution in [2.24, 2.45) is 11.5 Å². The molecular weight excluding hydrogens is 625 g/mol. The van der Waals surface area contributed by atoms with Gasteiger partial charge in [0.25, 0.3) is 10.0 Å². The van der Waals surface area contributed by atoms with Gasteiger partial charge in [0.2, 0.25) is 21.7 Å². The van der Waals surface area contributed by atoms with Crippen molar-refractivity contribution < 1.29 is 26.4 Å². The lowest BCUT2D eigenvalue weighted by Crippen LogP contribution is -2.19. The van der Waals surface area contributed by atoms with Crippen molar-refractivity contribution in [1.82, 2.24) is 0 Å². The Hall–Kier alpha value is -5.46. The number of benzene rings is 5. The third kappa shape index (κ3) is 6.21. The summed E-state index contributed by atoms with van der Waals surface area (Å²) in [5.41, 5.74) is 19.5. The summed E-state index contributed by atoms with van der Waals surface area (Å²) in [6.07, 6.45) is 0. The first kappa shape index (κ1) is 31.9. The van der Waals surface area contributed by atoms with Crippen molar-refractivity contribution in [2.45, 2.75) is 28.5 Å². The zero-order valence-corrected chi connectivity index (χ0v) is 26.4. The van der Waals surface area contributed by atoms with Crippen LogP contribution in [-0.2, 0) is 19.9 Å². The van der Waals surface area contributed by atoms with Crippen molar-refractivity contribution in [3.8, 4) is 22.3 Å². The van der Waals surface area contributed by atoms with Crippen LogP contribution >= 0.6 is 0 Å². The van der Waals surface area contributed by atoms with Gasteiger partial charge in [-0.1, -0.05) is 53.6 Å². The Labute approximate surface area is 266 Å². The Morgan fingerprint density at radius 2 is 1.20 bits per heavy atom. The molecule has 0 aliphatic rings. The molecule has 46 heavy (non-hydrogen) atoms. The van der Waals surface area contributed by atoms with Gasteiger partial charge in [-0.05, 0) is 91.2 Å². The van der Waals surface area contributed by atoms with Crippen molar-refractivity contribution in [1.29, 1.82) is 0 Å². The Kier molecular flexibility index (Phi) is 8.44. The first-order chi connectivity index (χ1) is 21.7. The molecule has 7 N–H and O–H groups in total. The third-order valence-electron chi connectivity index (χ3n) is 7.39. The van der Waals surface area contributed by atoms with Gasteiger partial charge >= 0.3 is 0 Å². The summed E-state index contributed by atoms with van der Waals surface area (Å²) in [5.74, 6) is -1.76. The van der Waals surface area contributed by atoms with Gasteiger partial charge < -0.3 is 17.2 Å². The van der Waals surface area contributed by atoms with E-state index in [1.807, 2.05) is 0 Å². The van der Waals surface area contributed by atoms with Crippen LogP contribution in [0.15, 0.2) is 118 Å². The molecule has 0 heterocycles. The SMILES string of the molecule is Cc1ccc(S(=O)(=O)Nc2ccc(-c3ccc(N)cc3)c(-c3cc(C(N)=O)ccc3C(N)=O)c2S(=O)(=O)c2ccc(C)cc2)cc1. The highest BCUT2D eigenvalue weighted by molar-refractivity contribution is 7.93. The molecule has 0 unspecified atom stereocenters. The van der Waals surface area contributed by atoms with Crippen LogP contribution < -0.4 is 21.9 Å². The second kappa shape index (κ2) is 12.1. The Morgan fingerprint density at radius 3 is 1.74 bits per heavy atom. The number of nitrogens with one attached hydrogen (secondary N) is 1. The number of sulfone groups is 1. The standard InChI is InChI=1S/C34H30N4O6S2/c1-20-3-12-25(13-4-20)45(41,42)32-30(38-46(43,44)26-14-5-21(2)6-15-26)18-17-27(22-7-10-24(35)11-8-22)31(32)29-19-23(33(36)39)9-16-28(29)34(37)40/h3-19,38H,35H2,1-2H3,(H2,36,39)(H2,37,40). The first-order valence-corrected chi connectivity index (χ1v) is 16.8. The number of sulfonamides is 1. The Balaban J connectivity index is 1.95. The summed E-state index contributed by atoms with van der Waals surface area (Å²) in [5, 5.41) is 0. The van der Waals surface area contributed by atoms with E-state index in [1.165, 1.54) is 54.6 Å². The maximum absolute atomic E-state index is 14.7. The molecule has 0 spiro atoms. The second-order valence-corrected chi connectivity index (χ2v) is 14.3. The van der Waals surface area contributed by atoms with E-state index in [0.29, 0.717) is 11.3 Å². The summed E-state index contributed by atoms with van der Waals surface area (Å²) < 4.78 is 59.2. The minimum absolute atomic E-state index is 0.0346. The summed E-state index contributed by atoms with van der Waals surface area (Å²) in [4.78, 5) is 24.4. The summed E-state index contributed by atoms with van der Waals surface area (Å²) >= 11 is 0. The quantitative estimate of drug-likeness (QED) is 0.160. The summed E-state index contributed by atoms with van der Waals surface area (Å²) in [7, 11) is -8.89. The highest BCUT2D eigenvalue weighted by atomic mass is 32.2. The van der Waals surface area contributed by atoms with Crippen molar-refractivity contribution in [3.63, 3.8) is 0 Å². The van der Waals surface area contributed by atoms with Gasteiger partial charge in [-0.25, -0.2) is 16.8 Å². The fraction of sp³-hybridized carbons (Fsp3) is 0.0588. The average Bonchev–Trinajstić information content (AvgIpc) is 3.01. The summed E-state index contributed by atoms with van der Waals surface area (Å²) in [6.45, 7) is 3.59. The topological polar surface area (TPSA) is 193 Å². The largest absolute Gasteiger partial charge is 0.399 e. The Morgan fingerprint density at radius 1 is 0.630 bits per heavy atom. The van der Waals surface area contributed by atoms with Crippen LogP contribution in [0, 0.1) is 13.8 Å². The average molecular weight is 655 g/mol. The molecule has 10 nitrogen and oxygen atoms in total. The minimum Gasteiger partial charge on any atom is -0.399 e. The molecule has 0 radical (unpaired) electrons. The van der Waals surface area contributed by atoms with E-state index in [2.05, 4.69) is 4.72 Å². The molecule has 234 valence electrons. The molecule has 0 fully saturated rings. The maximum Gasteiger partial charge on any atom is 0.261 e. The van der Waals surface area contributed by atoms with Crippen molar-refractivity contribution in [3.05, 3.63) is 125 Å². The molecule has 2 amide bonds. The van der Waals surface area contributed by atoms with E-state index in [9.17, 15) is 26.4 Å².